The Labute approximate surface area is 131 Å². The average molecular weight is 304 g/mol. The zero-order chi connectivity index (χ0) is 15.2. The molecule has 0 aliphatic rings. The van der Waals surface area contributed by atoms with E-state index in [1.807, 2.05) is 4.68 Å². The lowest BCUT2D eigenvalue weighted by molar-refractivity contribution is 0.466. The number of benzene rings is 1. The maximum Gasteiger partial charge on any atom is 0.0644 e. The normalized spacial score (nSPS) is 14.1. The number of thioether (sulfide) groups is 1. The van der Waals surface area contributed by atoms with Gasteiger partial charge >= 0.3 is 0 Å². The smallest absolute Gasteiger partial charge is 0.0644 e. The van der Waals surface area contributed by atoms with E-state index in [1.165, 1.54) is 10.5 Å². The molecular weight excluding hydrogens is 280 g/mol. The largest absolute Gasteiger partial charge is 0.271 e. The summed E-state index contributed by atoms with van der Waals surface area (Å²) in [5.41, 5.74) is 5.22. The molecule has 2 unspecified atom stereocenters. The van der Waals surface area contributed by atoms with Gasteiger partial charge in [0.05, 0.1) is 11.7 Å². The van der Waals surface area contributed by atoms with E-state index in [4.69, 9.17) is 5.84 Å². The van der Waals surface area contributed by atoms with Crippen LogP contribution in [0.2, 0.25) is 0 Å². The fourth-order valence-electron chi connectivity index (χ4n) is 2.34. The molecule has 0 radical (unpaired) electrons. The first kappa shape index (κ1) is 16.1. The van der Waals surface area contributed by atoms with Crippen LogP contribution in [0.4, 0.5) is 0 Å². The van der Waals surface area contributed by atoms with Crippen LogP contribution in [0.25, 0.3) is 0 Å². The molecule has 2 rings (SSSR count). The molecule has 4 nitrogen and oxygen atoms in total. The first-order valence-corrected chi connectivity index (χ1v) is 8.55. The number of nitrogens with two attached hydrogens (primary N) is 1. The molecule has 0 aliphatic carbocycles. The Bertz CT molecular complexity index is 567. The zero-order valence-corrected chi connectivity index (χ0v) is 13.7. The quantitative estimate of drug-likeness (QED) is 0.468. The van der Waals surface area contributed by atoms with Crippen LogP contribution in [0.15, 0.2) is 41.4 Å². The number of hydrogen-bond acceptors (Lipinski definition) is 4. The summed E-state index contributed by atoms with van der Waals surface area (Å²) in [6, 6.07) is 11.0. The Morgan fingerprint density at radius 3 is 2.76 bits per heavy atom. The van der Waals surface area contributed by atoms with Crippen LogP contribution in [0.3, 0.4) is 0 Å². The van der Waals surface area contributed by atoms with E-state index < -0.39 is 0 Å². The van der Waals surface area contributed by atoms with Gasteiger partial charge in [-0.25, -0.2) is 0 Å². The molecule has 2 atom stereocenters. The van der Waals surface area contributed by atoms with Gasteiger partial charge in [-0.2, -0.15) is 5.10 Å². The third-order valence-corrected chi connectivity index (χ3v) is 4.65. The lowest BCUT2D eigenvalue weighted by Gasteiger charge is -2.18. The predicted octanol–water partition coefficient (Wildman–Crippen LogP) is 3.32. The first-order chi connectivity index (χ1) is 10.2. The highest BCUT2D eigenvalue weighted by Crippen LogP contribution is 2.27. The molecule has 0 aliphatic heterocycles. The molecule has 0 amide bonds. The topological polar surface area (TPSA) is 55.9 Å². The molecule has 2 aromatic rings. The molecule has 1 aromatic heterocycles. The Morgan fingerprint density at radius 2 is 2.10 bits per heavy atom. The van der Waals surface area contributed by atoms with Crippen molar-refractivity contribution in [1.29, 1.82) is 0 Å². The molecule has 114 valence electrons. The second-order valence-electron chi connectivity index (χ2n) is 5.21. The molecule has 0 saturated carbocycles. The number of aromatic nitrogens is 2. The van der Waals surface area contributed by atoms with E-state index in [9.17, 15) is 0 Å². The van der Waals surface area contributed by atoms with Crippen molar-refractivity contribution >= 4 is 11.8 Å². The number of nitrogens with zero attached hydrogens (tertiary/aromatic N) is 2. The van der Waals surface area contributed by atoms with Crippen molar-refractivity contribution in [1.82, 2.24) is 15.2 Å². The molecule has 0 fully saturated rings. The van der Waals surface area contributed by atoms with Crippen LogP contribution < -0.4 is 11.3 Å². The van der Waals surface area contributed by atoms with Crippen molar-refractivity contribution in [3.63, 3.8) is 0 Å². The minimum atomic E-state index is 0.0777. The van der Waals surface area contributed by atoms with Crippen molar-refractivity contribution in [3.8, 4) is 0 Å². The van der Waals surface area contributed by atoms with Gasteiger partial charge in [0.15, 0.2) is 0 Å². The summed E-state index contributed by atoms with van der Waals surface area (Å²) in [6.07, 6.45) is 6.01. The summed E-state index contributed by atoms with van der Waals surface area (Å²) >= 11 is 1.74. The van der Waals surface area contributed by atoms with Gasteiger partial charge in [0, 0.05) is 23.6 Å². The molecule has 3 N–H and O–H groups in total. The van der Waals surface area contributed by atoms with E-state index in [1.54, 1.807) is 11.8 Å². The van der Waals surface area contributed by atoms with Crippen LogP contribution in [0, 0.1) is 0 Å². The Hall–Kier alpha value is -1.30. The minimum absolute atomic E-state index is 0.0777. The highest BCUT2D eigenvalue weighted by atomic mass is 32.2. The van der Waals surface area contributed by atoms with Gasteiger partial charge in [0.1, 0.15) is 0 Å². The maximum absolute atomic E-state index is 5.78. The highest BCUT2D eigenvalue weighted by Gasteiger charge is 2.16. The van der Waals surface area contributed by atoms with Crippen LogP contribution in [-0.4, -0.2) is 16.0 Å². The summed E-state index contributed by atoms with van der Waals surface area (Å²) in [5.74, 6) is 5.78. The van der Waals surface area contributed by atoms with E-state index in [-0.39, 0.29) is 6.04 Å². The van der Waals surface area contributed by atoms with Crippen molar-refractivity contribution in [2.45, 2.75) is 43.7 Å². The first-order valence-electron chi connectivity index (χ1n) is 7.32. The predicted molar refractivity (Wildman–Crippen MR) is 89.2 cm³/mol. The van der Waals surface area contributed by atoms with Crippen molar-refractivity contribution in [2.24, 2.45) is 5.84 Å². The third kappa shape index (κ3) is 3.87. The van der Waals surface area contributed by atoms with Gasteiger partial charge in [-0.1, -0.05) is 25.1 Å². The lowest BCUT2D eigenvalue weighted by Crippen LogP contribution is -2.30. The summed E-state index contributed by atoms with van der Waals surface area (Å²) in [5, 5.41) is 4.66. The fraction of sp³-hybridized carbons (Fsp3) is 0.438. The second-order valence-corrected chi connectivity index (χ2v) is 6.06. The number of rotatable bonds is 7. The average Bonchev–Trinajstić information content (AvgIpc) is 3.00. The van der Waals surface area contributed by atoms with Crippen LogP contribution in [0.5, 0.6) is 0 Å². The van der Waals surface area contributed by atoms with Crippen LogP contribution in [0.1, 0.15) is 43.6 Å². The third-order valence-electron chi connectivity index (χ3n) is 3.83. The van der Waals surface area contributed by atoms with E-state index in [2.05, 4.69) is 67.2 Å². The minimum Gasteiger partial charge on any atom is -0.271 e. The van der Waals surface area contributed by atoms with Crippen molar-refractivity contribution in [3.05, 3.63) is 47.8 Å². The summed E-state index contributed by atoms with van der Waals surface area (Å²) in [4.78, 5) is 1.25. The summed E-state index contributed by atoms with van der Waals surface area (Å²) in [7, 11) is 0. The molecular formula is C16H24N4S. The molecule has 0 saturated heterocycles. The molecule has 5 heteroatoms. The number of hydrogen-bond donors (Lipinski definition) is 2. The standard InChI is InChI=1S/C16H24N4S/c1-4-12(2)20-10-9-13(19-20)11-15(18-17)14-7-5-6-8-16(14)21-3/h5-10,12,15,18H,4,11,17H2,1-3H3. The Balaban J connectivity index is 2.17. The molecule has 1 aromatic carbocycles. The maximum atomic E-state index is 5.78. The monoisotopic (exact) mass is 304 g/mol. The highest BCUT2D eigenvalue weighted by molar-refractivity contribution is 7.98. The van der Waals surface area contributed by atoms with Gasteiger partial charge < -0.3 is 0 Å². The van der Waals surface area contributed by atoms with Gasteiger partial charge in [-0.05, 0) is 37.3 Å². The molecule has 1 heterocycles. The second kappa shape index (κ2) is 7.64. The Morgan fingerprint density at radius 1 is 1.33 bits per heavy atom. The van der Waals surface area contributed by atoms with Crippen LogP contribution in [-0.2, 0) is 6.42 Å². The number of nitrogens with one attached hydrogen (secondary N) is 1. The summed E-state index contributed by atoms with van der Waals surface area (Å²) in [6.45, 7) is 4.35. The fourth-order valence-corrected chi connectivity index (χ4v) is 3.00. The lowest BCUT2D eigenvalue weighted by atomic mass is 10.0. The van der Waals surface area contributed by atoms with E-state index in [0.29, 0.717) is 6.04 Å². The number of hydrazine groups is 1. The van der Waals surface area contributed by atoms with Gasteiger partial charge in [-0.15, -0.1) is 11.8 Å². The van der Waals surface area contributed by atoms with E-state index in [0.717, 1.165) is 18.5 Å². The molecule has 0 bridgehead atoms. The van der Waals surface area contributed by atoms with Gasteiger partial charge in [0.25, 0.3) is 0 Å². The molecule has 21 heavy (non-hydrogen) atoms. The Kier molecular flexibility index (Phi) is 5.85. The van der Waals surface area contributed by atoms with E-state index >= 15 is 0 Å². The van der Waals surface area contributed by atoms with Gasteiger partial charge in [-0.3, -0.25) is 16.0 Å². The van der Waals surface area contributed by atoms with Crippen LogP contribution >= 0.6 is 11.8 Å². The van der Waals surface area contributed by atoms with Gasteiger partial charge in [0.2, 0.25) is 0 Å². The molecule has 0 spiro atoms. The SMILES string of the molecule is CCC(C)n1ccc(CC(NN)c2ccccc2SC)n1. The van der Waals surface area contributed by atoms with Crippen molar-refractivity contribution < 1.29 is 0 Å². The zero-order valence-electron chi connectivity index (χ0n) is 12.9. The summed E-state index contributed by atoms with van der Waals surface area (Å²) < 4.78 is 2.03. The van der Waals surface area contributed by atoms with Crippen molar-refractivity contribution in [2.75, 3.05) is 6.26 Å².